The third-order valence-corrected chi connectivity index (χ3v) is 3.72. The minimum atomic E-state index is -0.540. The van der Waals surface area contributed by atoms with E-state index in [1.54, 1.807) is 0 Å². The monoisotopic (exact) mass is 247 g/mol. The predicted octanol–water partition coefficient (Wildman–Crippen LogP) is 1.23. The van der Waals surface area contributed by atoms with Crippen molar-refractivity contribution in [3.05, 3.63) is 35.4 Å². The van der Waals surface area contributed by atoms with Crippen molar-refractivity contribution in [2.45, 2.75) is 32.4 Å². The largest absolute Gasteiger partial charge is 0.369 e. The first-order valence-electron chi connectivity index (χ1n) is 6.29. The van der Waals surface area contributed by atoms with Crippen molar-refractivity contribution in [3.8, 4) is 0 Å². The molecule has 0 aliphatic heterocycles. The number of fused-ring (bicyclic) bond motifs is 1. The highest BCUT2D eigenvalue weighted by Gasteiger charge is 2.31. The molecule has 1 amide bonds. The molecule has 0 aromatic heterocycles. The molecule has 1 aromatic carbocycles. The summed E-state index contributed by atoms with van der Waals surface area (Å²) in [7, 11) is 0. The lowest BCUT2D eigenvalue weighted by Crippen LogP contribution is -2.41. The highest BCUT2D eigenvalue weighted by molar-refractivity contribution is 5.80. The molecule has 1 aliphatic carbocycles. The van der Waals surface area contributed by atoms with E-state index in [1.807, 2.05) is 26.0 Å². The fourth-order valence-electron chi connectivity index (χ4n) is 2.33. The number of primary amides is 1. The summed E-state index contributed by atoms with van der Waals surface area (Å²) in [5.74, 6) is -0.286. The van der Waals surface area contributed by atoms with Gasteiger partial charge in [0.05, 0.1) is 5.41 Å². The van der Waals surface area contributed by atoms with E-state index in [-0.39, 0.29) is 18.0 Å². The van der Waals surface area contributed by atoms with Crippen molar-refractivity contribution >= 4 is 5.91 Å². The van der Waals surface area contributed by atoms with Crippen LogP contribution in [0.5, 0.6) is 0 Å². The Bertz CT molecular complexity index is 456. The quantitative estimate of drug-likeness (QED) is 0.748. The van der Waals surface area contributed by atoms with Gasteiger partial charge in [-0.1, -0.05) is 24.3 Å². The number of carbonyl (C=O) groups is 1. The van der Waals surface area contributed by atoms with Crippen LogP contribution in [0.2, 0.25) is 0 Å². The van der Waals surface area contributed by atoms with Gasteiger partial charge in [0.15, 0.2) is 0 Å². The minimum absolute atomic E-state index is 0.0791. The van der Waals surface area contributed by atoms with Crippen LogP contribution in [-0.4, -0.2) is 12.5 Å². The van der Waals surface area contributed by atoms with Crippen LogP contribution in [0.25, 0.3) is 0 Å². The fraction of sp³-hybridized carbons (Fsp3) is 0.500. The fourth-order valence-corrected chi connectivity index (χ4v) is 2.33. The lowest BCUT2D eigenvalue weighted by Gasteiger charge is -2.24. The molecule has 5 N–H and O–H groups in total. The van der Waals surface area contributed by atoms with Gasteiger partial charge < -0.3 is 16.8 Å². The number of benzene rings is 1. The number of nitrogens with two attached hydrogens (primary N) is 2. The summed E-state index contributed by atoms with van der Waals surface area (Å²) in [5, 5.41) is 3.41. The van der Waals surface area contributed by atoms with Crippen LogP contribution in [0.1, 0.15) is 43.5 Å². The van der Waals surface area contributed by atoms with Crippen molar-refractivity contribution < 1.29 is 4.79 Å². The Kier molecular flexibility index (Phi) is 3.41. The van der Waals surface area contributed by atoms with Crippen LogP contribution in [-0.2, 0) is 4.79 Å². The average Bonchev–Trinajstić information content (AvgIpc) is 2.65. The highest BCUT2D eigenvalue weighted by atomic mass is 16.1. The molecule has 0 fully saturated rings. The highest BCUT2D eigenvalue weighted by Crippen LogP contribution is 2.37. The van der Waals surface area contributed by atoms with Crippen LogP contribution >= 0.6 is 0 Å². The molecule has 1 aromatic rings. The second-order valence-electron chi connectivity index (χ2n) is 5.65. The van der Waals surface area contributed by atoms with E-state index in [0.29, 0.717) is 6.54 Å². The normalized spacial score (nSPS) is 22.8. The third-order valence-electron chi connectivity index (χ3n) is 3.72. The first-order valence-corrected chi connectivity index (χ1v) is 6.29. The Balaban J connectivity index is 2.07. The first kappa shape index (κ1) is 13.1. The van der Waals surface area contributed by atoms with Crippen LogP contribution in [0, 0.1) is 5.41 Å². The van der Waals surface area contributed by atoms with Crippen LogP contribution < -0.4 is 16.8 Å². The van der Waals surface area contributed by atoms with E-state index in [2.05, 4.69) is 17.4 Å². The van der Waals surface area contributed by atoms with Gasteiger partial charge in [0, 0.05) is 18.6 Å². The molecule has 98 valence electrons. The van der Waals surface area contributed by atoms with Crippen molar-refractivity contribution in [3.63, 3.8) is 0 Å². The molecule has 0 saturated carbocycles. The molecule has 2 unspecified atom stereocenters. The minimum Gasteiger partial charge on any atom is -0.369 e. The molecular weight excluding hydrogens is 226 g/mol. The molecule has 2 rings (SSSR count). The van der Waals surface area contributed by atoms with Gasteiger partial charge in [-0.3, -0.25) is 4.79 Å². The Morgan fingerprint density at radius 1 is 1.39 bits per heavy atom. The summed E-state index contributed by atoms with van der Waals surface area (Å²) in [6.07, 6.45) is 0.869. The first-order chi connectivity index (χ1) is 8.42. The van der Waals surface area contributed by atoms with Gasteiger partial charge >= 0.3 is 0 Å². The van der Waals surface area contributed by atoms with Gasteiger partial charge in [-0.2, -0.15) is 0 Å². The number of amides is 1. The smallest absolute Gasteiger partial charge is 0.224 e. The Hall–Kier alpha value is -1.39. The summed E-state index contributed by atoms with van der Waals surface area (Å²) in [6.45, 7) is 4.26. The van der Waals surface area contributed by atoms with E-state index in [0.717, 1.165) is 6.42 Å². The molecule has 4 nitrogen and oxygen atoms in total. The summed E-state index contributed by atoms with van der Waals surface area (Å²) in [4.78, 5) is 11.3. The number of rotatable bonds is 4. The molecule has 2 atom stereocenters. The SMILES string of the molecule is CC(C)(CNC1CC(N)c2ccccc21)C(N)=O. The van der Waals surface area contributed by atoms with Crippen molar-refractivity contribution in [1.29, 1.82) is 0 Å². The van der Waals surface area contributed by atoms with Gasteiger partial charge in [0.2, 0.25) is 5.91 Å². The van der Waals surface area contributed by atoms with Crippen LogP contribution in [0.3, 0.4) is 0 Å². The summed E-state index contributed by atoms with van der Waals surface area (Å²) >= 11 is 0. The van der Waals surface area contributed by atoms with E-state index in [1.165, 1.54) is 11.1 Å². The van der Waals surface area contributed by atoms with Crippen molar-refractivity contribution in [1.82, 2.24) is 5.32 Å². The molecule has 4 heteroatoms. The molecular formula is C14H21N3O. The molecule has 18 heavy (non-hydrogen) atoms. The second kappa shape index (κ2) is 4.71. The van der Waals surface area contributed by atoms with Gasteiger partial charge in [-0.15, -0.1) is 0 Å². The second-order valence-corrected chi connectivity index (χ2v) is 5.65. The number of carbonyl (C=O) groups excluding carboxylic acids is 1. The zero-order chi connectivity index (χ0) is 13.3. The number of hydrogen-bond acceptors (Lipinski definition) is 3. The van der Waals surface area contributed by atoms with Crippen LogP contribution in [0.4, 0.5) is 0 Å². The maximum atomic E-state index is 11.3. The number of hydrogen-bond donors (Lipinski definition) is 3. The Labute approximate surface area is 108 Å². The zero-order valence-electron chi connectivity index (χ0n) is 10.9. The molecule has 0 heterocycles. The maximum Gasteiger partial charge on any atom is 0.224 e. The lowest BCUT2D eigenvalue weighted by atomic mass is 9.92. The maximum absolute atomic E-state index is 11.3. The van der Waals surface area contributed by atoms with E-state index >= 15 is 0 Å². The van der Waals surface area contributed by atoms with Gasteiger partial charge in [-0.05, 0) is 31.4 Å². The topological polar surface area (TPSA) is 81.1 Å². The lowest BCUT2D eigenvalue weighted by molar-refractivity contribution is -0.125. The van der Waals surface area contributed by atoms with Gasteiger partial charge in [0.25, 0.3) is 0 Å². The van der Waals surface area contributed by atoms with Crippen molar-refractivity contribution in [2.24, 2.45) is 16.9 Å². The van der Waals surface area contributed by atoms with Gasteiger partial charge in [0.1, 0.15) is 0 Å². The van der Waals surface area contributed by atoms with E-state index < -0.39 is 5.41 Å². The van der Waals surface area contributed by atoms with E-state index in [9.17, 15) is 4.79 Å². The Morgan fingerprint density at radius 3 is 2.61 bits per heavy atom. The summed E-state index contributed by atoms with van der Waals surface area (Å²) in [5.41, 5.74) is 13.4. The van der Waals surface area contributed by atoms with E-state index in [4.69, 9.17) is 11.5 Å². The summed E-state index contributed by atoms with van der Waals surface area (Å²) < 4.78 is 0. The molecule has 0 spiro atoms. The van der Waals surface area contributed by atoms with Crippen molar-refractivity contribution in [2.75, 3.05) is 6.54 Å². The summed E-state index contributed by atoms with van der Waals surface area (Å²) in [6, 6.07) is 8.49. The average molecular weight is 247 g/mol. The Morgan fingerprint density at radius 2 is 2.00 bits per heavy atom. The molecule has 0 radical (unpaired) electrons. The zero-order valence-corrected chi connectivity index (χ0v) is 10.9. The molecule has 0 saturated heterocycles. The standard InChI is InChI=1S/C14H21N3O/c1-14(2,13(16)18)8-17-12-7-11(15)9-5-3-4-6-10(9)12/h3-6,11-12,17H,7-8,15H2,1-2H3,(H2,16,18). The third kappa shape index (κ3) is 2.40. The predicted molar refractivity (Wildman–Crippen MR) is 71.7 cm³/mol. The molecule has 1 aliphatic rings. The number of nitrogens with one attached hydrogen (secondary N) is 1. The van der Waals surface area contributed by atoms with Crippen LogP contribution in [0.15, 0.2) is 24.3 Å². The molecule has 0 bridgehead atoms. The van der Waals surface area contributed by atoms with Gasteiger partial charge in [-0.25, -0.2) is 0 Å².